The lowest BCUT2D eigenvalue weighted by Crippen LogP contribution is -2.62. The lowest BCUT2D eigenvalue weighted by atomic mass is 10.0. The second kappa shape index (κ2) is 21.5. The standard InChI is InChI=1S/C32H54N8O12/c1-15(2)13-18(33)27(46)35-14-23(43)40-12-6-7-21(40)29(48)38-25(16(3)4)30(49)39-26(17(5)41)31(50)36-19(8-10-22(34)42)28(47)37-20(32(51)52)9-11-24(44)45/h15-21,25-26,41H,6-14,33H2,1-5H3,(H2,34,42)(H,35,46)(H,36,50)(H,37,47)(H,38,48)(H,39,49)(H,44,45)(H,51,52)/t17-,18+,19+,20+,21-,25+,26+/m1/s1. The number of aliphatic hydroxyl groups excluding tert-OH is 1. The summed E-state index contributed by atoms with van der Waals surface area (Å²) in [4.78, 5) is 114. The van der Waals surface area contributed by atoms with Crippen LogP contribution in [0.4, 0.5) is 0 Å². The number of carbonyl (C=O) groups excluding carboxylic acids is 7. The lowest BCUT2D eigenvalue weighted by Gasteiger charge is -2.30. The van der Waals surface area contributed by atoms with E-state index in [9.17, 15) is 53.4 Å². The first kappa shape index (κ1) is 45.2. The summed E-state index contributed by atoms with van der Waals surface area (Å²) < 4.78 is 0. The van der Waals surface area contributed by atoms with Gasteiger partial charge in [0.25, 0.3) is 0 Å². The number of hydrogen-bond acceptors (Lipinski definition) is 11. The summed E-state index contributed by atoms with van der Waals surface area (Å²) in [5, 5.41) is 40.5. The molecule has 0 aromatic heterocycles. The highest BCUT2D eigenvalue weighted by molar-refractivity contribution is 5.97. The molecule has 1 saturated heterocycles. The maximum Gasteiger partial charge on any atom is 0.326 e. The molecule has 7 atom stereocenters. The van der Waals surface area contributed by atoms with Crippen molar-refractivity contribution in [1.29, 1.82) is 0 Å². The molecular formula is C32H54N8O12. The Hall–Kier alpha value is -4.85. The first-order valence-corrected chi connectivity index (χ1v) is 17.1. The molecule has 1 fully saturated rings. The lowest BCUT2D eigenvalue weighted by molar-refractivity contribution is -0.143. The van der Waals surface area contributed by atoms with Gasteiger partial charge in [-0.3, -0.25) is 38.4 Å². The molecule has 20 heteroatoms. The molecule has 20 nitrogen and oxygen atoms in total. The molecule has 1 aliphatic rings. The fourth-order valence-corrected chi connectivity index (χ4v) is 5.40. The van der Waals surface area contributed by atoms with Gasteiger partial charge in [0.1, 0.15) is 30.2 Å². The number of carboxylic acid groups (broad SMARTS) is 2. The van der Waals surface area contributed by atoms with Crippen LogP contribution < -0.4 is 38.1 Å². The van der Waals surface area contributed by atoms with E-state index in [-0.39, 0.29) is 25.4 Å². The Morgan fingerprint density at radius 3 is 1.87 bits per heavy atom. The number of carbonyl (C=O) groups is 9. The average Bonchev–Trinajstić information content (AvgIpc) is 3.54. The Bertz CT molecular complexity index is 1320. The van der Waals surface area contributed by atoms with Crippen LogP contribution in [0, 0.1) is 11.8 Å². The van der Waals surface area contributed by atoms with E-state index in [2.05, 4.69) is 26.6 Å². The van der Waals surface area contributed by atoms with Crippen LogP contribution in [0.25, 0.3) is 0 Å². The van der Waals surface area contributed by atoms with Gasteiger partial charge in [0.15, 0.2) is 0 Å². The highest BCUT2D eigenvalue weighted by atomic mass is 16.4. The molecular weight excluding hydrogens is 688 g/mol. The van der Waals surface area contributed by atoms with Crippen LogP contribution >= 0.6 is 0 Å². The zero-order chi connectivity index (χ0) is 39.9. The van der Waals surface area contributed by atoms with Crippen LogP contribution in [0.5, 0.6) is 0 Å². The smallest absolute Gasteiger partial charge is 0.326 e. The molecule has 1 rings (SSSR count). The molecule has 0 unspecified atom stereocenters. The monoisotopic (exact) mass is 742 g/mol. The van der Waals surface area contributed by atoms with Gasteiger partial charge in [-0.15, -0.1) is 0 Å². The van der Waals surface area contributed by atoms with Crippen molar-refractivity contribution in [2.45, 2.75) is 122 Å². The van der Waals surface area contributed by atoms with Crippen LogP contribution in [0.2, 0.25) is 0 Å². The van der Waals surface area contributed by atoms with Crippen LogP contribution in [-0.2, 0) is 43.2 Å². The van der Waals surface area contributed by atoms with Crippen molar-refractivity contribution >= 4 is 53.3 Å². The molecule has 12 N–H and O–H groups in total. The maximum atomic E-state index is 13.5. The predicted octanol–water partition coefficient (Wildman–Crippen LogP) is -3.34. The minimum absolute atomic E-state index is 0.160. The molecule has 1 heterocycles. The van der Waals surface area contributed by atoms with E-state index >= 15 is 0 Å². The average molecular weight is 743 g/mol. The van der Waals surface area contributed by atoms with Gasteiger partial charge in [-0.1, -0.05) is 27.7 Å². The Morgan fingerprint density at radius 1 is 0.769 bits per heavy atom. The third-order valence-corrected chi connectivity index (χ3v) is 8.24. The van der Waals surface area contributed by atoms with E-state index in [0.29, 0.717) is 12.8 Å². The van der Waals surface area contributed by atoms with Gasteiger partial charge in [0.2, 0.25) is 41.4 Å². The number of nitrogens with one attached hydrogen (secondary N) is 5. The van der Waals surface area contributed by atoms with Gasteiger partial charge in [-0.25, -0.2) is 4.79 Å². The summed E-state index contributed by atoms with van der Waals surface area (Å²) in [6, 6.07) is -8.00. The number of amides is 7. The molecule has 0 saturated carbocycles. The Morgan fingerprint density at radius 2 is 1.35 bits per heavy atom. The fourth-order valence-electron chi connectivity index (χ4n) is 5.40. The van der Waals surface area contributed by atoms with Crippen molar-refractivity contribution in [3.8, 4) is 0 Å². The summed E-state index contributed by atoms with van der Waals surface area (Å²) in [5.74, 6) is -8.93. The van der Waals surface area contributed by atoms with Gasteiger partial charge in [0, 0.05) is 19.4 Å². The minimum atomic E-state index is -1.72. The van der Waals surface area contributed by atoms with Crippen LogP contribution in [-0.4, -0.2) is 129 Å². The Balaban J connectivity index is 3.06. The normalized spacial score (nSPS) is 17.6. The van der Waals surface area contributed by atoms with E-state index in [1.165, 1.54) is 4.90 Å². The second-order valence-corrected chi connectivity index (χ2v) is 13.6. The van der Waals surface area contributed by atoms with Gasteiger partial charge >= 0.3 is 11.9 Å². The molecule has 294 valence electrons. The molecule has 0 radical (unpaired) electrons. The third-order valence-electron chi connectivity index (χ3n) is 8.24. The number of primary amides is 1. The SMILES string of the molecule is CC(C)C[C@H](N)C(=O)NCC(=O)N1CCC[C@@H]1C(=O)N[C@H](C(=O)N[C@H](C(=O)N[C@@H](CCC(N)=O)C(=O)N[C@@H](CCC(=O)O)C(=O)O)[C@@H](C)O)C(C)C. The number of rotatable bonds is 22. The van der Waals surface area contributed by atoms with Crippen LogP contribution in [0.1, 0.15) is 79.6 Å². The van der Waals surface area contributed by atoms with E-state index in [1.807, 2.05) is 13.8 Å². The van der Waals surface area contributed by atoms with Crippen molar-refractivity contribution in [3.63, 3.8) is 0 Å². The zero-order valence-electron chi connectivity index (χ0n) is 30.2. The van der Waals surface area contributed by atoms with Gasteiger partial charge in [0.05, 0.1) is 18.7 Å². The molecule has 0 aliphatic carbocycles. The maximum absolute atomic E-state index is 13.5. The number of aliphatic hydroxyl groups is 1. The van der Waals surface area contributed by atoms with Crippen LogP contribution in [0.15, 0.2) is 0 Å². The largest absolute Gasteiger partial charge is 0.481 e. The number of nitrogens with zero attached hydrogens (tertiary/aromatic N) is 1. The quantitative estimate of drug-likeness (QED) is 0.0519. The predicted molar refractivity (Wildman–Crippen MR) is 182 cm³/mol. The molecule has 0 aromatic rings. The number of carboxylic acids is 2. The topological polar surface area (TPSA) is 330 Å². The Labute approximate surface area is 301 Å². The molecule has 0 spiro atoms. The second-order valence-electron chi connectivity index (χ2n) is 13.6. The van der Waals surface area contributed by atoms with E-state index in [4.69, 9.17) is 16.6 Å². The van der Waals surface area contributed by atoms with Crippen LogP contribution in [0.3, 0.4) is 0 Å². The number of hydrogen-bond donors (Lipinski definition) is 10. The summed E-state index contributed by atoms with van der Waals surface area (Å²) in [7, 11) is 0. The summed E-state index contributed by atoms with van der Waals surface area (Å²) in [6.45, 7) is 8.00. The number of aliphatic carboxylic acids is 2. The van der Waals surface area contributed by atoms with E-state index < -0.39 is 127 Å². The molecule has 1 aliphatic heterocycles. The number of nitrogens with two attached hydrogens (primary N) is 2. The van der Waals surface area contributed by atoms with Gasteiger partial charge < -0.3 is 58.3 Å². The summed E-state index contributed by atoms with van der Waals surface area (Å²) in [5.41, 5.74) is 11.1. The summed E-state index contributed by atoms with van der Waals surface area (Å²) >= 11 is 0. The van der Waals surface area contributed by atoms with Crippen molar-refractivity contribution < 1.29 is 58.5 Å². The Kier molecular flexibility index (Phi) is 18.7. The molecule has 52 heavy (non-hydrogen) atoms. The first-order valence-electron chi connectivity index (χ1n) is 17.1. The van der Waals surface area contributed by atoms with E-state index in [1.54, 1.807) is 13.8 Å². The molecule has 0 bridgehead atoms. The van der Waals surface area contributed by atoms with E-state index in [0.717, 1.165) is 6.92 Å². The summed E-state index contributed by atoms with van der Waals surface area (Å²) in [6.07, 6.45) is -2.33. The fraction of sp³-hybridized carbons (Fsp3) is 0.719. The minimum Gasteiger partial charge on any atom is -0.481 e. The zero-order valence-corrected chi connectivity index (χ0v) is 30.2. The third kappa shape index (κ3) is 15.2. The molecule has 7 amide bonds. The highest BCUT2D eigenvalue weighted by Crippen LogP contribution is 2.18. The number of likely N-dealkylation sites (tertiary alicyclic amines) is 1. The highest BCUT2D eigenvalue weighted by Gasteiger charge is 2.38. The van der Waals surface area contributed by atoms with Crippen molar-refractivity contribution in [2.75, 3.05) is 13.1 Å². The van der Waals surface area contributed by atoms with Crippen molar-refractivity contribution in [3.05, 3.63) is 0 Å². The van der Waals surface area contributed by atoms with Gasteiger partial charge in [-0.05, 0) is 50.9 Å². The molecule has 0 aromatic carbocycles. The van der Waals surface area contributed by atoms with Gasteiger partial charge in [-0.2, -0.15) is 0 Å². The van der Waals surface area contributed by atoms with Crippen molar-refractivity contribution in [2.24, 2.45) is 23.3 Å². The van der Waals surface area contributed by atoms with Crippen molar-refractivity contribution in [1.82, 2.24) is 31.5 Å². The first-order chi connectivity index (χ1) is 24.2.